The molecule has 0 amide bonds. The van der Waals surface area contributed by atoms with Crippen molar-refractivity contribution in [3.8, 4) is 0 Å². The Hall–Kier alpha value is -1.03. The fraction of sp³-hybridized carbons (Fsp3) is 0.455. The normalized spacial score (nSPS) is 14.3. The molecule has 1 nitrogen and oxygen atoms in total. The van der Waals surface area contributed by atoms with Crippen LogP contribution >= 0.6 is 0 Å². The second-order valence-corrected chi connectivity index (χ2v) is 3.77. The van der Waals surface area contributed by atoms with E-state index >= 15 is 0 Å². The predicted octanol–water partition coefficient (Wildman–Crippen LogP) is 3.41. The molecule has 0 radical (unpaired) electrons. The number of alkyl halides is 3. The van der Waals surface area contributed by atoms with E-state index in [1.807, 2.05) is 13.8 Å². The summed E-state index contributed by atoms with van der Waals surface area (Å²) < 4.78 is 36.4. The van der Waals surface area contributed by atoms with Gasteiger partial charge in [-0.1, -0.05) is 38.1 Å². The van der Waals surface area contributed by atoms with Crippen LogP contribution in [0.25, 0.3) is 0 Å². The number of aliphatic hydroxyl groups excluding tert-OH is 1. The standard InChI is InChI=1S/C11H13F3O/c1-7(2)8-3-5-9(6-4-8)10(15)11(12,13)14/h3-7,10,15H,1-2H3. The van der Waals surface area contributed by atoms with Crippen molar-refractivity contribution in [1.82, 2.24) is 0 Å². The quantitative estimate of drug-likeness (QED) is 0.806. The van der Waals surface area contributed by atoms with Crippen molar-refractivity contribution in [1.29, 1.82) is 0 Å². The fourth-order valence-corrected chi connectivity index (χ4v) is 1.25. The van der Waals surface area contributed by atoms with E-state index in [4.69, 9.17) is 5.11 Å². The molecule has 0 bridgehead atoms. The number of halogens is 3. The van der Waals surface area contributed by atoms with Crippen LogP contribution < -0.4 is 0 Å². The zero-order valence-corrected chi connectivity index (χ0v) is 8.55. The maximum Gasteiger partial charge on any atom is 0.418 e. The van der Waals surface area contributed by atoms with Gasteiger partial charge >= 0.3 is 6.18 Å². The molecule has 1 rings (SSSR count). The first-order valence-electron chi connectivity index (χ1n) is 4.67. The Labute approximate surface area is 86.5 Å². The van der Waals surface area contributed by atoms with E-state index in [0.29, 0.717) is 0 Å². The van der Waals surface area contributed by atoms with E-state index < -0.39 is 12.3 Å². The molecule has 0 aliphatic carbocycles. The largest absolute Gasteiger partial charge is 0.418 e. The van der Waals surface area contributed by atoms with Gasteiger partial charge in [-0.3, -0.25) is 0 Å². The number of aliphatic hydroxyl groups is 1. The molecule has 4 heteroatoms. The molecule has 0 heterocycles. The zero-order valence-electron chi connectivity index (χ0n) is 8.55. The van der Waals surface area contributed by atoms with E-state index in [2.05, 4.69) is 0 Å². The third kappa shape index (κ3) is 2.96. The van der Waals surface area contributed by atoms with Crippen LogP contribution in [0.15, 0.2) is 24.3 Å². The molecule has 0 saturated carbocycles. The van der Waals surface area contributed by atoms with Gasteiger partial charge in [0.25, 0.3) is 0 Å². The summed E-state index contributed by atoms with van der Waals surface area (Å²) in [5.74, 6) is 0.266. The highest BCUT2D eigenvalue weighted by molar-refractivity contribution is 5.26. The molecule has 1 aromatic rings. The predicted molar refractivity (Wildman–Crippen MR) is 51.5 cm³/mol. The summed E-state index contributed by atoms with van der Waals surface area (Å²) in [4.78, 5) is 0. The Kier molecular flexibility index (Phi) is 3.39. The number of rotatable bonds is 2. The van der Waals surface area contributed by atoms with Gasteiger partial charge < -0.3 is 5.11 Å². The Morgan fingerprint density at radius 3 is 1.73 bits per heavy atom. The van der Waals surface area contributed by atoms with Crippen molar-refractivity contribution >= 4 is 0 Å². The highest BCUT2D eigenvalue weighted by Crippen LogP contribution is 2.32. The fourth-order valence-electron chi connectivity index (χ4n) is 1.25. The van der Waals surface area contributed by atoms with Gasteiger partial charge in [-0.15, -0.1) is 0 Å². The zero-order chi connectivity index (χ0) is 11.6. The number of hydrogen-bond donors (Lipinski definition) is 1. The summed E-state index contributed by atoms with van der Waals surface area (Å²) in [5, 5.41) is 8.96. The Morgan fingerprint density at radius 1 is 1.00 bits per heavy atom. The topological polar surface area (TPSA) is 20.2 Å². The molecule has 1 unspecified atom stereocenters. The van der Waals surface area contributed by atoms with Gasteiger partial charge in [0.05, 0.1) is 0 Å². The van der Waals surface area contributed by atoms with Gasteiger partial charge in [0.1, 0.15) is 0 Å². The molecule has 0 aromatic heterocycles. The van der Waals surface area contributed by atoms with Crippen molar-refractivity contribution in [2.45, 2.75) is 32.0 Å². The number of hydrogen-bond acceptors (Lipinski definition) is 1. The molecule has 15 heavy (non-hydrogen) atoms. The van der Waals surface area contributed by atoms with Crippen LogP contribution in [0.2, 0.25) is 0 Å². The second kappa shape index (κ2) is 4.23. The van der Waals surface area contributed by atoms with Crippen LogP contribution in [0.1, 0.15) is 37.0 Å². The summed E-state index contributed by atoms with van der Waals surface area (Å²) in [5.41, 5.74) is 0.833. The van der Waals surface area contributed by atoms with Crippen LogP contribution in [0, 0.1) is 0 Å². The minimum absolute atomic E-state index is 0.119. The van der Waals surface area contributed by atoms with Gasteiger partial charge in [0, 0.05) is 0 Å². The Morgan fingerprint density at radius 2 is 1.40 bits per heavy atom. The minimum atomic E-state index is -4.60. The third-order valence-electron chi connectivity index (χ3n) is 2.23. The lowest BCUT2D eigenvalue weighted by Gasteiger charge is -2.15. The summed E-state index contributed by atoms with van der Waals surface area (Å²) in [6, 6.07) is 5.84. The number of benzene rings is 1. The summed E-state index contributed by atoms with van der Waals surface area (Å²) >= 11 is 0. The van der Waals surface area contributed by atoms with Crippen LogP contribution in [-0.4, -0.2) is 11.3 Å². The van der Waals surface area contributed by atoms with E-state index in [9.17, 15) is 13.2 Å². The van der Waals surface area contributed by atoms with Crippen molar-refractivity contribution in [2.24, 2.45) is 0 Å². The van der Waals surface area contributed by atoms with Crippen LogP contribution in [0.3, 0.4) is 0 Å². The third-order valence-corrected chi connectivity index (χ3v) is 2.23. The average Bonchev–Trinajstić information content (AvgIpc) is 2.15. The van der Waals surface area contributed by atoms with Crippen molar-refractivity contribution in [2.75, 3.05) is 0 Å². The molecule has 0 aliphatic rings. The molecule has 1 N–H and O–H groups in total. The van der Waals surface area contributed by atoms with Gasteiger partial charge in [-0.25, -0.2) is 0 Å². The van der Waals surface area contributed by atoms with Gasteiger partial charge in [-0.05, 0) is 17.0 Å². The molecule has 0 saturated heterocycles. The molecular weight excluding hydrogens is 205 g/mol. The SMILES string of the molecule is CC(C)c1ccc(C(O)C(F)(F)F)cc1. The first-order valence-corrected chi connectivity index (χ1v) is 4.67. The first kappa shape index (κ1) is 12.0. The van der Waals surface area contributed by atoms with Crippen LogP contribution in [-0.2, 0) is 0 Å². The van der Waals surface area contributed by atoms with Crippen molar-refractivity contribution < 1.29 is 18.3 Å². The molecule has 0 fully saturated rings. The van der Waals surface area contributed by atoms with Gasteiger partial charge in [0.2, 0.25) is 0 Å². The Bertz CT molecular complexity index is 314. The first-order chi connectivity index (χ1) is 6.82. The minimum Gasteiger partial charge on any atom is -0.379 e. The molecule has 0 aliphatic heterocycles. The monoisotopic (exact) mass is 218 g/mol. The Balaban J connectivity index is 2.89. The van der Waals surface area contributed by atoms with Gasteiger partial charge in [0.15, 0.2) is 6.10 Å². The summed E-state index contributed by atoms with van der Waals surface area (Å²) in [7, 11) is 0. The lowest BCUT2D eigenvalue weighted by molar-refractivity contribution is -0.206. The molecule has 1 aromatic carbocycles. The summed E-state index contributed by atoms with van der Waals surface area (Å²) in [6.45, 7) is 3.91. The highest BCUT2D eigenvalue weighted by Gasteiger charge is 2.39. The lowest BCUT2D eigenvalue weighted by atomic mass is 10.00. The van der Waals surface area contributed by atoms with Gasteiger partial charge in [-0.2, -0.15) is 13.2 Å². The van der Waals surface area contributed by atoms with E-state index in [1.165, 1.54) is 12.1 Å². The van der Waals surface area contributed by atoms with Crippen LogP contribution in [0.4, 0.5) is 13.2 Å². The van der Waals surface area contributed by atoms with E-state index in [0.717, 1.165) is 5.56 Å². The van der Waals surface area contributed by atoms with Crippen molar-refractivity contribution in [3.05, 3.63) is 35.4 Å². The van der Waals surface area contributed by atoms with Crippen LogP contribution in [0.5, 0.6) is 0 Å². The maximum atomic E-state index is 12.1. The smallest absolute Gasteiger partial charge is 0.379 e. The van der Waals surface area contributed by atoms with E-state index in [1.54, 1.807) is 12.1 Å². The maximum absolute atomic E-state index is 12.1. The average molecular weight is 218 g/mol. The molecule has 84 valence electrons. The molecule has 1 atom stereocenters. The highest BCUT2D eigenvalue weighted by atomic mass is 19.4. The van der Waals surface area contributed by atoms with E-state index in [-0.39, 0.29) is 11.5 Å². The molecular formula is C11H13F3O. The second-order valence-electron chi connectivity index (χ2n) is 3.77. The lowest BCUT2D eigenvalue weighted by Crippen LogP contribution is -2.20. The molecule has 0 spiro atoms. The van der Waals surface area contributed by atoms with Crippen molar-refractivity contribution in [3.63, 3.8) is 0 Å². The summed E-state index contributed by atoms with van der Waals surface area (Å²) in [6.07, 6.45) is -6.99.